The molecule has 0 spiro atoms. The fourth-order valence-corrected chi connectivity index (χ4v) is 2.58. The summed E-state index contributed by atoms with van der Waals surface area (Å²) in [5.74, 6) is 0.885. The molecular weight excluding hydrogens is 200 g/mol. The molecule has 0 bridgehead atoms. The molecule has 2 N–H and O–H groups in total. The number of fused-ring (bicyclic) bond motifs is 1. The summed E-state index contributed by atoms with van der Waals surface area (Å²) >= 11 is 0. The van der Waals surface area contributed by atoms with Crippen molar-refractivity contribution in [2.45, 2.75) is 51.7 Å². The van der Waals surface area contributed by atoms with Crippen molar-refractivity contribution < 1.29 is 0 Å². The Kier molecular flexibility index (Phi) is 2.21. The second-order valence-corrected chi connectivity index (χ2v) is 5.30. The summed E-state index contributed by atoms with van der Waals surface area (Å²) in [6, 6.07) is 1.19. The first kappa shape index (κ1) is 10.1. The number of anilines is 1. The van der Waals surface area contributed by atoms with Crippen molar-refractivity contribution in [2.75, 3.05) is 12.3 Å². The predicted octanol–water partition coefficient (Wildman–Crippen LogP) is 1.57. The zero-order valence-corrected chi connectivity index (χ0v) is 10.1. The maximum Gasteiger partial charge on any atom is 0.126 e. The van der Waals surface area contributed by atoms with Crippen LogP contribution in [0.15, 0.2) is 0 Å². The molecule has 1 aromatic rings. The molecule has 1 aliphatic heterocycles. The molecule has 0 saturated heterocycles. The minimum atomic E-state index is 0.361. The van der Waals surface area contributed by atoms with Gasteiger partial charge in [0.05, 0.1) is 5.69 Å². The van der Waals surface area contributed by atoms with Crippen molar-refractivity contribution in [3.63, 3.8) is 0 Å². The minimum absolute atomic E-state index is 0.361. The van der Waals surface area contributed by atoms with E-state index in [0.29, 0.717) is 6.04 Å². The lowest BCUT2D eigenvalue weighted by Crippen LogP contribution is -2.32. The van der Waals surface area contributed by atoms with Gasteiger partial charge in [0.2, 0.25) is 0 Å². The average Bonchev–Trinajstić information content (AvgIpc) is 3.04. The Balaban J connectivity index is 1.90. The summed E-state index contributed by atoms with van der Waals surface area (Å²) in [6.45, 7) is 6.44. The van der Waals surface area contributed by atoms with Crippen molar-refractivity contribution in [1.82, 2.24) is 14.7 Å². The first-order valence-electron chi connectivity index (χ1n) is 6.26. The Labute approximate surface area is 96.4 Å². The lowest BCUT2D eigenvalue weighted by atomic mass is 10.1. The van der Waals surface area contributed by atoms with Crippen LogP contribution in [-0.4, -0.2) is 27.3 Å². The highest BCUT2D eigenvalue weighted by atomic mass is 15.3. The third kappa shape index (κ3) is 1.52. The molecule has 88 valence electrons. The Bertz CT molecular complexity index is 403. The fourth-order valence-electron chi connectivity index (χ4n) is 2.58. The van der Waals surface area contributed by atoms with E-state index < -0.39 is 0 Å². The van der Waals surface area contributed by atoms with Crippen LogP contribution in [0.1, 0.15) is 44.0 Å². The molecule has 0 unspecified atom stereocenters. The van der Waals surface area contributed by atoms with Crippen molar-refractivity contribution in [3.8, 4) is 0 Å². The third-order valence-corrected chi connectivity index (χ3v) is 3.68. The molecule has 1 saturated carbocycles. The largest absolute Gasteiger partial charge is 0.384 e. The third-order valence-electron chi connectivity index (χ3n) is 3.68. The van der Waals surface area contributed by atoms with E-state index in [1.54, 1.807) is 0 Å². The van der Waals surface area contributed by atoms with Crippen LogP contribution < -0.4 is 5.73 Å². The Hall–Kier alpha value is -1.03. The highest BCUT2D eigenvalue weighted by Crippen LogP contribution is 2.33. The van der Waals surface area contributed by atoms with Crippen LogP contribution in [0.2, 0.25) is 0 Å². The van der Waals surface area contributed by atoms with E-state index in [9.17, 15) is 0 Å². The van der Waals surface area contributed by atoms with Crippen LogP contribution in [0.4, 0.5) is 5.82 Å². The molecule has 2 heterocycles. The van der Waals surface area contributed by atoms with Crippen molar-refractivity contribution in [2.24, 2.45) is 0 Å². The van der Waals surface area contributed by atoms with Gasteiger partial charge in [0.25, 0.3) is 0 Å². The Morgan fingerprint density at radius 2 is 2.12 bits per heavy atom. The van der Waals surface area contributed by atoms with Gasteiger partial charge in [-0.3, -0.25) is 4.90 Å². The lowest BCUT2D eigenvalue weighted by molar-refractivity contribution is 0.243. The zero-order valence-electron chi connectivity index (χ0n) is 10.1. The van der Waals surface area contributed by atoms with Gasteiger partial charge in [0.15, 0.2) is 0 Å². The van der Waals surface area contributed by atoms with Gasteiger partial charge in [0, 0.05) is 37.2 Å². The van der Waals surface area contributed by atoms with Crippen LogP contribution in [0.5, 0.6) is 0 Å². The SMILES string of the molecule is CC(C)n1nc2c(c1N)CN(C1CC1)CC2. The topological polar surface area (TPSA) is 47.1 Å². The second kappa shape index (κ2) is 3.48. The molecule has 3 rings (SSSR count). The molecule has 1 aliphatic carbocycles. The number of nitrogens with two attached hydrogens (primary N) is 1. The first-order chi connectivity index (χ1) is 7.66. The normalized spacial score (nSPS) is 21.4. The van der Waals surface area contributed by atoms with Gasteiger partial charge < -0.3 is 5.73 Å². The lowest BCUT2D eigenvalue weighted by Gasteiger charge is -2.25. The van der Waals surface area contributed by atoms with E-state index in [1.807, 2.05) is 4.68 Å². The van der Waals surface area contributed by atoms with Gasteiger partial charge in [-0.05, 0) is 26.7 Å². The zero-order chi connectivity index (χ0) is 11.3. The molecule has 2 aliphatic rings. The van der Waals surface area contributed by atoms with Gasteiger partial charge in [-0.2, -0.15) is 5.10 Å². The molecule has 0 aromatic carbocycles. The number of hydrogen-bond acceptors (Lipinski definition) is 3. The molecule has 4 nitrogen and oxygen atoms in total. The van der Waals surface area contributed by atoms with Crippen molar-refractivity contribution in [3.05, 3.63) is 11.3 Å². The summed E-state index contributed by atoms with van der Waals surface area (Å²) < 4.78 is 1.97. The molecule has 16 heavy (non-hydrogen) atoms. The fraction of sp³-hybridized carbons (Fsp3) is 0.750. The summed E-state index contributed by atoms with van der Waals surface area (Å²) in [6.07, 6.45) is 3.80. The van der Waals surface area contributed by atoms with Gasteiger partial charge in [-0.1, -0.05) is 0 Å². The van der Waals surface area contributed by atoms with E-state index >= 15 is 0 Å². The Morgan fingerprint density at radius 3 is 2.75 bits per heavy atom. The van der Waals surface area contributed by atoms with E-state index in [1.165, 1.54) is 24.1 Å². The minimum Gasteiger partial charge on any atom is -0.384 e. The van der Waals surface area contributed by atoms with Crippen LogP contribution >= 0.6 is 0 Å². The molecule has 1 aromatic heterocycles. The van der Waals surface area contributed by atoms with Crippen LogP contribution in [0.25, 0.3) is 0 Å². The maximum absolute atomic E-state index is 6.18. The average molecular weight is 220 g/mol. The predicted molar refractivity (Wildman–Crippen MR) is 64.2 cm³/mol. The van der Waals surface area contributed by atoms with Gasteiger partial charge in [-0.25, -0.2) is 4.68 Å². The van der Waals surface area contributed by atoms with Crippen LogP contribution in [-0.2, 0) is 13.0 Å². The molecule has 4 heteroatoms. The van der Waals surface area contributed by atoms with Gasteiger partial charge >= 0.3 is 0 Å². The van der Waals surface area contributed by atoms with Crippen LogP contribution in [0, 0.1) is 0 Å². The summed E-state index contributed by atoms with van der Waals surface area (Å²) in [4.78, 5) is 2.56. The number of nitrogens with zero attached hydrogens (tertiary/aromatic N) is 3. The quantitative estimate of drug-likeness (QED) is 0.823. The summed E-state index contributed by atoms with van der Waals surface area (Å²) in [7, 11) is 0. The van der Waals surface area contributed by atoms with E-state index in [4.69, 9.17) is 5.73 Å². The molecule has 0 radical (unpaired) electrons. The van der Waals surface area contributed by atoms with Crippen LogP contribution in [0.3, 0.4) is 0 Å². The summed E-state index contributed by atoms with van der Waals surface area (Å²) in [5.41, 5.74) is 8.69. The molecule has 0 atom stereocenters. The Morgan fingerprint density at radius 1 is 1.38 bits per heavy atom. The maximum atomic E-state index is 6.18. The number of hydrogen-bond donors (Lipinski definition) is 1. The van der Waals surface area contributed by atoms with Gasteiger partial charge in [0.1, 0.15) is 5.82 Å². The van der Waals surface area contributed by atoms with Crippen molar-refractivity contribution >= 4 is 5.82 Å². The van der Waals surface area contributed by atoms with E-state index in [-0.39, 0.29) is 0 Å². The van der Waals surface area contributed by atoms with Crippen molar-refractivity contribution in [1.29, 1.82) is 0 Å². The molecular formula is C12H20N4. The van der Waals surface area contributed by atoms with E-state index in [2.05, 4.69) is 23.8 Å². The smallest absolute Gasteiger partial charge is 0.126 e. The number of aromatic nitrogens is 2. The highest BCUT2D eigenvalue weighted by Gasteiger charge is 2.33. The van der Waals surface area contributed by atoms with E-state index in [0.717, 1.165) is 31.4 Å². The molecule has 1 fully saturated rings. The molecule has 0 amide bonds. The second-order valence-electron chi connectivity index (χ2n) is 5.30. The summed E-state index contributed by atoms with van der Waals surface area (Å²) in [5, 5.41) is 4.63. The highest BCUT2D eigenvalue weighted by molar-refractivity contribution is 5.45. The number of nitrogen functional groups attached to an aromatic ring is 1. The van der Waals surface area contributed by atoms with Gasteiger partial charge in [-0.15, -0.1) is 0 Å². The standard InChI is InChI=1S/C12H20N4/c1-8(2)16-12(13)10-7-15(9-3-4-9)6-5-11(10)14-16/h8-9H,3-7,13H2,1-2H3. The first-order valence-corrected chi connectivity index (χ1v) is 6.26. The monoisotopic (exact) mass is 220 g/mol. The number of rotatable bonds is 2.